The Morgan fingerprint density at radius 1 is 1.37 bits per heavy atom. The number of benzene rings is 1. The Bertz CT molecular complexity index is 477. The Hall–Kier alpha value is -1.47. The lowest BCUT2D eigenvalue weighted by atomic mass is 9.89. The minimum Gasteiger partial charge on any atom is -0.478 e. The molecule has 0 atom stereocenters. The maximum atomic E-state index is 11.0. The van der Waals surface area contributed by atoms with E-state index < -0.39 is 5.97 Å². The van der Waals surface area contributed by atoms with Gasteiger partial charge in [-0.05, 0) is 44.6 Å². The zero-order valence-electron chi connectivity index (χ0n) is 11.3. The molecule has 0 aliphatic carbocycles. The number of nitrogens with zero attached hydrogens (tertiary/aromatic N) is 1. The van der Waals surface area contributed by atoms with Gasteiger partial charge in [-0.2, -0.15) is 5.26 Å². The topological polar surface area (TPSA) is 61.1 Å². The smallest absolute Gasteiger partial charge is 0.336 e. The number of carboxylic acid groups (broad SMARTS) is 1. The van der Waals surface area contributed by atoms with Crippen molar-refractivity contribution >= 4 is 17.7 Å². The van der Waals surface area contributed by atoms with Gasteiger partial charge in [-0.15, -0.1) is 11.8 Å². The number of thioether (sulfide) groups is 1. The van der Waals surface area contributed by atoms with Crippen molar-refractivity contribution in [2.75, 3.05) is 5.75 Å². The highest BCUT2D eigenvalue weighted by atomic mass is 32.2. The highest BCUT2D eigenvalue weighted by molar-refractivity contribution is 7.99. The van der Waals surface area contributed by atoms with Gasteiger partial charge < -0.3 is 5.11 Å². The Labute approximate surface area is 118 Å². The summed E-state index contributed by atoms with van der Waals surface area (Å²) in [6.45, 7) is 3.89. The lowest BCUT2D eigenvalue weighted by molar-refractivity contribution is 0.0693. The molecule has 0 unspecified atom stereocenters. The largest absolute Gasteiger partial charge is 0.478 e. The predicted molar refractivity (Wildman–Crippen MR) is 77.4 cm³/mol. The van der Waals surface area contributed by atoms with Crippen LogP contribution < -0.4 is 0 Å². The molecule has 0 fully saturated rings. The van der Waals surface area contributed by atoms with Gasteiger partial charge in [0.25, 0.3) is 0 Å². The fourth-order valence-electron chi connectivity index (χ4n) is 1.68. The van der Waals surface area contributed by atoms with Gasteiger partial charge in [0.05, 0.1) is 17.0 Å². The van der Waals surface area contributed by atoms with E-state index in [0.29, 0.717) is 5.56 Å². The second-order valence-corrected chi connectivity index (χ2v) is 6.24. The van der Waals surface area contributed by atoms with Gasteiger partial charge in [-0.25, -0.2) is 4.79 Å². The monoisotopic (exact) mass is 277 g/mol. The van der Waals surface area contributed by atoms with Gasteiger partial charge in [-0.3, -0.25) is 0 Å². The first-order valence-electron chi connectivity index (χ1n) is 6.33. The number of carbonyl (C=O) groups is 1. The van der Waals surface area contributed by atoms with Crippen molar-refractivity contribution in [3.8, 4) is 6.07 Å². The summed E-state index contributed by atoms with van der Waals surface area (Å²) < 4.78 is 0. The molecule has 0 saturated heterocycles. The van der Waals surface area contributed by atoms with E-state index in [0.717, 1.165) is 29.9 Å². The van der Waals surface area contributed by atoms with Gasteiger partial charge in [0.1, 0.15) is 0 Å². The summed E-state index contributed by atoms with van der Waals surface area (Å²) in [6, 6.07) is 9.35. The second-order valence-electron chi connectivity index (χ2n) is 5.10. The van der Waals surface area contributed by atoms with Crippen LogP contribution in [0, 0.1) is 16.7 Å². The second kappa shape index (κ2) is 7.20. The molecule has 1 aromatic rings. The molecule has 4 heteroatoms. The highest BCUT2D eigenvalue weighted by Crippen LogP contribution is 2.26. The van der Waals surface area contributed by atoms with Crippen LogP contribution in [0.15, 0.2) is 29.2 Å². The predicted octanol–water partition coefficient (Wildman–Crippen LogP) is 4.20. The van der Waals surface area contributed by atoms with Gasteiger partial charge in [0.2, 0.25) is 0 Å². The van der Waals surface area contributed by atoms with E-state index in [1.54, 1.807) is 23.9 Å². The van der Waals surface area contributed by atoms with Crippen LogP contribution in [-0.2, 0) is 0 Å². The Morgan fingerprint density at radius 2 is 2.05 bits per heavy atom. The number of rotatable bonds is 7. The van der Waals surface area contributed by atoms with E-state index in [2.05, 4.69) is 6.07 Å². The Morgan fingerprint density at radius 3 is 2.68 bits per heavy atom. The summed E-state index contributed by atoms with van der Waals surface area (Å²) in [5.41, 5.74) is 0.105. The summed E-state index contributed by atoms with van der Waals surface area (Å²) >= 11 is 1.57. The number of aromatic carboxylic acids is 1. The van der Waals surface area contributed by atoms with Crippen molar-refractivity contribution in [2.24, 2.45) is 5.41 Å². The van der Waals surface area contributed by atoms with Crippen molar-refractivity contribution in [3.63, 3.8) is 0 Å². The third-order valence-electron chi connectivity index (χ3n) is 2.87. The van der Waals surface area contributed by atoms with Gasteiger partial charge in [-0.1, -0.05) is 18.6 Å². The minimum atomic E-state index is -0.881. The number of hydrogen-bond donors (Lipinski definition) is 1. The third-order valence-corrected chi connectivity index (χ3v) is 4.03. The van der Waals surface area contributed by atoms with E-state index in [1.807, 2.05) is 26.0 Å². The molecular formula is C15H19NO2S. The summed E-state index contributed by atoms with van der Waals surface area (Å²) in [4.78, 5) is 11.8. The lowest BCUT2D eigenvalue weighted by Crippen LogP contribution is -2.07. The molecule has 1 N–H and O–H groups in total. The molecule has 0 aromatic heterocycles. The average molecular weight is 277 g/mol. The van der Waals surface area contributed by atoms with Crippen molar-refractivity contribution in [3.05, 3.63) is 29.8 Å². The van der Waals surface area contributed by atoms with Crippen LogP contribution >= 0.6 is 11.8 Å². The average Bonchev–Trinajstić information content (AvgIpc) is 2.38. The van der Waals surface area contributed by atoms with Crippen LogP contribution in [-0.4, -0.2) is 16.8 Å². The molecular weight excluding hydrogens is 258 g/mol. The maximum absolute atomic E-state index is 11.0. The lowest BCUT2D eigenvalue weighted by Gasteiger charge is -2.14. The number of nitriles is 1. The number of hydrogen-bond acceptors (Lipinski definition) is 3. The van der Waals surface area contributed by atoms with Crippen LogP contribution in [0.3, 0.4) is 0 Å². The normalized spacial score (nSPS) is 11.0. The molecule has 0 heterocycles. The van der Waals surface area contributed by atoms with Crippen molar-refractivity contribution in [2.45, 2.75) is 38.0 Å². The molecule has 0 amide bonds. The molecule has 3 nitrogen and oxygen atoms in total. The van der Waals surface area contributed by atoms with Crippen LogP contribution in [0.5, 0.6) is 0 Å². The first kappa shape index (κ1) is 15.6. The molecule has 1 aromatic carbocycles. The molecule has 102 valence electrons. The SMILES string of the molecule is CC(C)(C#N)CCCCSc1ccccc1C(=O)O. The standard InChI is InChI=1S/C15H19NO2S/c1-15(2,11-16)9-5-6-10-19-13-8-4-3-7-12(13)14(17)18/h3-4,7-8H,5-6,9-10H2,1-2H3,(H,17,18). The molecule has 0 bridgehead atoms. The van der Waals surface area contributed by atoms with Crippen molar-refractivity contribution < 1.29 is 9.90 Å². The quantitative estimate of drug-likeness (QED) is 0.599. The van der Waals surface area contributed by atoms with Crippen molar-refractivity contribution in [1.29, 1.82) is 5.26 Å². The molecule has 0 aliphatic rings. The van der Waals surface area contributed by atoms with Crippen LogP contribution in [0.2, 0.25) is 0 Å². The molecule has 0 aliphatic heterocycles. The molecule has 0 saturated carbocycles. The van der Waals surface area contributed by atoms with Crippen LogP contribution in [0.4, 0.5) is 0 Å². The Balaban J connectivity index is 2.39. The first-order chi connectivity index (χ1) is 8.96. The summed E-state index contributed by atoms with van der Waals surface area (Å²) in [7, 11) is 0. The fraction of sp³-hybridized carbons (Fsp3) is 0.467. The minimum absolute atomic E-state index is 0.260. The van der Waals surface area contributed by atoms with E-state index in [-0.39, 0.29) is 5.41 Å². The van der Waals surface area contributed by atoms with Gasteiger partial charge >= 0.3 is 5.97 Å². The molecule has 0 radical (unpaired) electrons. The van der Waals surface area contributed by atoms with Gasteiger partial charge in [0.15, 0.2) is 0 Å². The highest BCUT2D eigenvalue weighted by Gasteiger charge is 2.15. The number of unbranched alkanes of at least 4 members (excludes halogenated alkanes) is 1. The van der Waals surface area contributed by atoms with Crippen molar-refractivity contribution in [1.82, 2.24) is 0 Å². The molecule has 1 rings (SSSR count). The zero-order valence-corrected chi connectivity index (χ0v) is 12.2. The number of carboxylic acids is 1. The van der Waals surface area contributed by atoms with Crippen LogP contribution in [0.25, 0.3) is 0 Å². The third kappa shape index (κ3) is 5.35. The maximum Gasteiger partial charge on any atom is 0.336 e. The van der Waals surface area contributed by atoms with E-state index in [9.17, 15) is 4.79 Å². The molecule has 0 spiro atoms. The van der Waals surface area contributed by atoms with Crippen LogP contribution in [0.1, 0.15) is 43.5 Å². The zero-order chi connectivity index (χ0) is 14.3. The summed E-state index contributed by atoms with van der Waals surface area (Å²) in [5, 5.41) is 18.0. The summed E-state index contributed by atoms with van der Waals surface area (Å²) in [5.74, 6) is -0.0000647. The fourth-order valence-corrected chi connectivity index (χ4v) is 2.73. The molecule has 19 heavy (non-hydrogen) atoms. The first-order valence-corrected chi connectivity index (χ1v) is 7.31. The summed E-state index contributed by atoms with van der Waals surface area (Å²) in [6.07, 6.45) is 2.86. The van der Waals surface area contributed by atoms with E-state index in [1.165, 1.54) is 0 Å². The van der Waals surface area contributed by atoms with E-state index in [4.69, 9.17) is 10.4 Å². The Kier molecular flexibility index (Phi) is 5.91. The van der Waals surface area contributed by atoms with E-state index >= 15 is 0 Å². The van der Waals surface area contributed by atoms with Gasteiger partial charge in [0, 0.05) is 4.90 Å².